The number of aromatic nitrogens is 1. The molecule has 0 unspecified atom stereocenters. The second kappa shape index (κ2) is 9.84. The van der Waals surface area contributed by atoms with E-state index >= 15 is 0 Å². The van der Waals surface area contributed by atoms with E-state index in [-0.39, 0.29) is 35.7 Å². The van der Waals surface area contributed by atoms with Crippen molar-refractivity contribution in [2.75, 3.05) is 19.4 Å². The van der Waals surface area contributed by atoms with Crippen molar-refractivity contribution >= 4 is 35.5 Å². The van der Waals surface area contributed by atoms with Gasteiger partial charge in [0.1, 0.15) is 5.82 Å². The highest BCUT2D eigenvalue weighted by molar-refractivity contribution is 6.15. The topological polar surface area (TPSA) is 135 Å². The SMILES string of the molecule is CO[C@@H](CCNC(=O)c1c(C)[nH]c(/C=C(\C=O)c2cc(F)ccc2N)c1C)C(=O)O. The minimum atomic E-state index is -1.11. The van der Waals surface area contributed by atoms with Gasteiger partial charge in [0.2, 0.25) is 0 Å². The van der Waals surface area contributed by atoms with Crippen LogP contribution in [0.25, 0.3) is 11.6 Å². The second-order valence-corrected chi connectivity index (χ2v) is 6.72. The number of carbonyl (C=O) groups excluding carboxylic acids is 2. The minimum absolute atomic E-state index is 0.109. The molecule has 8 nitrogen and oxygen atoms in total. The van der Waals surface area contributed by atoms with Gasteiger partial charge in [-0.3, -0.25) is 9.59 Å². The van der Waals surface area contributed by atoms with Crippen LogP contribution in [0.2, 0.25) is 0 Å². The standard InChI is InChI=1S/C21H24FN3O5/c1-11-17(8-13(10-26)15-9-14(22)4-5-16(15)23)25-12(2)19(11)20(27)24-7-6-18(30-3)21(28)29/h4-5,8-10,18,25H,6-7,23H2,1-3H3,(H,24,27)(H,28,29)/b13-8+/t18-/m0/s1. The number of aldehydes is 1. The predicted molar refractivity (Wildman–Crippen MR) is 110 cm³/mol. The van der Waals surface area contributed by atoms with Crippen LogP contribution < -0.4 is 11.1 Å². The maximum absolute atomic E-state index is 13.6. The summed E-state index contributed by atoms with van der Waals surface area (Å²) in [7, 11) is 1.29. The molecule has 1 aromatic heterocycles. The number of hydrogen-bond donors (Lipinski definition) is 4. The monoisotopic (exact) mass is 417 g/mol. The van der Waals surface area contributed by atoms with E-state index in [9.17, 15) is 18.8 Å². The number of carbonyl (C=O) groups is 3. The molecule has 2 rings (SSSR count). The predicted octanol–water partition coefficient (Wildman–Crippen LogP) is 2.31. The largest absolute Gasteiger partial charge is 0.479 e. The summed E-state index contributed by atoms with van der Waals surface area (Å²) >= 11 is 0. The number of aryl methyl sites for hydroxylation is 1. The molecule has 0 saturated heterocycles. The molecule has 30 heavy (non-hydrogen) atoms. The number of benzene rings is 1. The molecule has 5 N–H and O–H groups in total. The van der Waals surface area contributed by atoms with Gasteiger partial charge in [-0.2, -0.15) is 0 Å². The summed E-state index contributed by atoms with van der Waals surface area (Å²) in [5, 5.41) is 11.6. The third-order valence-electron chi connectivity index (χ3n) is 4.71. The number of hydrogen-bond acceptors (Lipinski definition) is 5. The van der Waals surface area contributed by atoms with Gasteiger partial charge in [0.05, 0.1) is 5.56 Å². The van der Waals surface area contributed by atoms with Gasteiger partial charge in [-0.1, -0.05) is 0 Å². The van der Waals surface area contributed by atoms with Crippen molar-refractivity contribution in [1.82, 2.24) is 10.3 Å². The highest BCUT2D eigenvalue weighted by atomic mass is 19.1. The van der Waals surface area contributed by atoms with Crippen molar-refractivity contribution in [3.05, 3.63) is 52.1 Å². The normalized spacial score (nSPS) is 12.5. The molecule has 0 spiro atoms. The lowest BCUT2D eigenvalue weighted by atomic mass is 10.0. The van der Waals surface area contributed by atoms with E-state index in [0.717, 1.165) is 0 Å². The number of H-pyrrole nitrogens is 1. The molecule has 1 amide bonds. The molecule has 0 bridgehead atoms. The molecule has 0 fully saturated rings. The van der Waals surface area contributed by atoms with Crippen molar-refractivity contribution in [1.29, 1.82) is 0 Å². The molecule has 1 atom stereocenters. The zero-order valence-electron chi connectivity index (χ0n) is 16.9. The smallest absolute Gasteiger partial charge is 0.332 e. The number of carboxylic acids is 1. The molecule has 9 heteroatoms. The van der Waals surface area contributed by atoms with Gasteiger partial charge in [-0.05, 0) is 43.7 Å². The third kappa shape index (κ3) is 5.12. The fourth-order valence-electron chi connectivity index (χ4n) is 3.12. The van der Waals surface area contributed by atoms with Crippen molar-refractivity contribution in [3.63, 3.8) is 0 Å². The number of allylic oxidation sites excluding steroid dienone is 1. The number of methoxy groups -OCH3 is 1. The van der Waals surface area contributed by atoms with Crippen molar-refractivity contribution < 1.29 is 28.6 Å². The summed E-state index contributed by atoms with van der Waals surface area (Å²) in [6, 6.07) is 3.74. The number of rotatable bonds is 9. The summed E-state index contributed by atoms with van der Waals surface area (Å²) in [6.07, 6.45) is 1.17. The number of anilines is 1. The Kier molecular flexibility index (Phi) is 7.48. The van der Waals surface area contributed by atoms with E-state index in [0.29, 0.717) is 28.8 Å². The van der Waals surface area contributed by atoms with Crippen molar-refractivity contribution in [2.45, 2.75) is 26.4 Å². The number of nitrogens with two attached hydrogens (primary N) is 1. The molecule has 0 aliphatic carbocycles. The number of nitrogens with one attached hydrogen (secondary N) is 2. The van der Waals surface area contributed by atoms with E-state index in [2.05, 4.69) is 10.3 Å². The van der Waals surface area contributed by atoms with Crippen molar-refractivity contribution in [3.8, 4) is 0 Å². The van der Waals surface area contributed by atoms with E-state index < -0.39 is 17.9 Å². The summed E-state index contributed by atoms with van der Waals surface area (Å²) < 4.78 is 18.4. The average molecular weight is 417 g/mol. The Morgan fingerprint density at radius 1 is 1.37 bits per heavy atom. The molecule has 0 aliphatic heterocycles. The lowest BCUT2D eigenvalue weighted by molar-refractivity contribution is -0.148. The van der Waals surface area contributed by atoms with Crippen molar-refractivity contribution in [2.24, 2.45) is 0 Å². The van der Waals surface area contributed by atoms with Crippen LogP contribution in [-0.2, 0) is 14.3 Å². The number of aromatic amines is 1. The van der Waals surface area contributed by atoms with E-state index in [1.165, 1.54) is 31.4 Å². The Hall–Kier alpha value is -3.46. The van der Waals surface area contributed by atoms with Crippen LogP contribution in [0.4, 0.5) is 10.1 Å². The van der Waals surface area contributed by atoms with Gasteiger partial charge in [-0.15, -0.1) is 0 Å². The van der Waals surface area contributed by atoms with Crippen LogP contribution in [-0.4, -0.2) is 48.0 Å². The Morgan fingerprint density at radius 3 is 2.67 bits per heavy atom. The average Bonchev–Trinajstić information content (AvgIpc) is 2.98. The highest BCUT2D eigenvalue weighted by Crippen LogP contribution is 2.26. The molecular formula is C21H24FN3O5. The summed E-state index contributed by atoms with van der Waals surface area (Å²) in [5.41, 5.74) is 8.55. The lowest BCUT2D eigenvalue weighted by Gasteiger charge is -2.11. The van der Waals surface area contributed by atoms with Crippen LogP contribution in [0.3, 0.4) is 0 Å². The summed E-state index contributed by atoms with van der Waals surface area (Å²) in [6.45, 7) is 3.51. The Balaban J connectivity index is 2.27. The fourth-order valence-corrected chi connectivity index (χ4v) is 3.12. The number of aliphatic carboxylic acids is 1. The molecule has 0 saturated carbocycles. The molecular weight excluding hydrogens is 393 g/mol. The number of ether oxygens (including phenoxy) is 1. The lowest BCUT2D eigenvalue weighted by Crippen LogP contribution is -2.31. The third-order valence-corrected chi connectivity index (χ3v) is 4.71. The quantitative estimate of drug-likeness (QED) is 0.281. The Labute approximate surface area is 172 Å². The first-order valence-corrected chi connectivity index (χ1v) is 9.14. The van der Waals surface area contributed by atoms with Gasteiger partial charge in [-0.25, -0.2) is 9.18 Å². The van der Waals surface area contributed by atoms with Crippen LogP contribution in [0.15, 0.2) is 18.2 Å². The molecule has 1 aromatic carbocycles. The number of carboxylic acid groups (broad SMARTS) is 1. The van der Waals surface area contributed by atoms with Crippen LogP contribution in [0.1, 0.15) is 39.3 Å². The summed E-state index contributed by atoms with van der Waals surface area (Å²) in [4.78, 5) is 38.2. The minimum Gasteiger partial charge on any atom is -0.479 e. The van der Waals surface area contributed by atoms with Gasteiger partial charge >= 0.3 is 5.97 Å². The van der Waals surface area contributed by atoms with E-state index in [4.69, 9.17) is 15.6 Å². The molecule has 0 aliphatic rings. The first kappa shape index (κ1) is 22.8. The number of nitrogen functional groups attached to an aromatic ring is 1. The molecule has 1 heterocycles. The maximum atomic E-state index is 13.6. The Morgan fingerprint density at radius 2 is 2.07 bits per heavy atom. The first-order chi connectivity index (χ1) is 14.2. The number of halogens is 1. The highest BCUT2D eigenvalue weighted by Gasteiger charge is 2.20. The van der Waals surface area contributed by atoms with E-state index in [1.807, 2.05) is 0 Å². The number of amides is 1. The van der Waals surface area contributed by atoms with Gasteiger partial charge < -0.3 is 25.9 Å². The zero-order valence-corrected chi connectivity index (χ0v) is 16.9. The molecule has 2 aromatic rings. The Bertz CT molecular complexity index is 997. The van der Waals surface area contributed by atoms with E-state index in [1.54, 1.807) is 13.8 Å². The van der Waals surface area contributed by atoms with Gasteiger partial charge in [0, 0.05) is 48.3 Å². The van der Waals surface area contributed by atoms with Crippen LogP contribution in [0.5, 0.6) is 0 Å². The molecule has 160 valence electrons. The van der Waals surface area contributed by atoms with Gasteiger partial charge in [0.25, 0.3) is 5.91 Å². The molecule has 0 radical (unpaired) electrons. The first-order valence-electron chi connectivity index (χ1n) is 9.14. The second-order valence-electron chi connectivity index (χ2n) is 6.72. The summed E-state index contributed by atoms with van der Waals surface area (Å²) in [5.74, 6) is -2.02. The van der Waals surface area contributed by atoms with Crippen LogP contribution in [0, 0.1) is 19.7 Å². The van der Waals surface area contributed by atoms with Gasteiger partial charge in [0.15, 0.2) is 12.4 Å². The maximum Gasteiger partial charge on any atom is 0.332 e. The van der Waals surface area contributed by atoms with Crippen LogP contribution >= 0.6 is 0 Å². The zero-order chi connectivity index (χ0) is 22.4. The fraction of sp³-hybridized carbons (Fsp3) is 0.286.